The van der Waals surface area contributed by atoms with Gasteiger partial charge in [-0.2, -0.15) is 0 Å². The largest absolute Gasteiger partial charge is 0.355 e. The van der Waals surface area contributed by atoms with Gasteiger partial charge >= 0.3 is 0 Å². The Hall–Kier alpha value is -1.44. The zero-order valence-corrected chi connectivity index (χ0v) is 14.0. The lowest BCUT2D eigenvalue weighted by Crippen LogP contribution is -2.36. The van der Waals surface area contributed by atoms with Crippen LogP contribution in [0, 0.1) is 5.92 Å². The first-order valence-corrected chi connectivity index (χ1v) is 9.65. The van der Waals surface area contributed by atoms with Gasteiger partial charge in [0.05, 0.1) is 5.75 Å². The second-order valence-electron chi connectivity index (χ2n) is 6.03. The SMILES string of the molecule is N[C@@H]1CCC[C@H]1CC(=O)NCCS(=O)(=O)NCc1ccccc1. The lowest BCUT2D eigenvalue weighted by molar-refractivity contribution is -0.121. The summed E-state index contributed by atoms with van der Waals surface area (Å²) in [6.45, 7) is 0.374. The van der Waals surface area contributed by atoms with Crippen molar-refractivity contribution in [2.75, 3.05) is 12.3 Å². The minimum atomic E-state index is -3.40. The third-order valence-electron chi connectivity index (χ3n) is 4.20. The maximum Gasteiger partial charge on any atom is 0.220 e. The molecule has 0 unspecified atom stereocenters. The fourth-order valence-corrected chi connectivity index (χ4v) is 3.72. The highest BCUT2D eigenvalue weighted by Crippen LogP contribution is 2.26. The van der Waals surface area contributed by atoms with E-state index in [0.717, 1.165) is 24.8 Å². The number of rotatable bonds is 8. The highest BCUT2D eigenvalue weighted by Gasteiger charge is 2.25. The van der Waals surface area contributed by atoms with Gasteiger partial charge in [-0.3, -0.25) is 4.79 Å². The second-order valence-corrected chi connectivity index (χ2v) is 7.96. The molecule has 0 aliphatic heterocycles. The van der Waals surface area contributed by atoms with E-state index in [-0.39, 0.29) is 36.7 Å². The van der Waals surface area contributed by atoms with Gasteiger partial charge in [0.15, 0.2) is 0 Å². The first-order valence-electron chi connectivity index (χ1n) is 8.00. The summed E-state index contributed by atoms with van der Waals surface area (Å²) in [7, 11) is -3.40. The summed E-state index contributed by atoms with van der Waals surface area (Å²) in [5.41, 5.74) is 6.83. The third kappa shape index (κ3) is 6.29. The molecule has 0 aromatic heterocycles. The van der Waals surface area contributed by atoms with E-state index in [1.807, 2.05) is 30.3 Å². The molecule has 1 aromatic carbocycles. The van der Waals surface area contributed by atoms with Crippen molar-refractivity contribution in [2.45, 2.75) is 38.3 Å². The predicted octanol–water partition coefficient (Wildman–Crippen LogP) is 0.740. The lowest BCUT2D eigenvalue weighted by atomic mass is 10.00. The van der Waals surface area contributed by atoms with Crippen molar-refractivity contribution in [2.24, 2.45) is 11.7 Å². The van der Waals surface area contributed by atoms with Gasteiger partial charge in [-0.25, -0.2) is 13.1 Å². The smallest absolute Gasteiger partial charge is 0.220 e. The van der Waals surface area contributed by atoms with Crippen molar-refractivity contribution < 1.29 is 13.2 Å². The molecule has 0 bridgehead atoms. The Labute approximate surface area is 137 Å². The van der Waals surface area contributed by atoms with Crippen LogP contribution in [0.2, 0.25) is 0 Å². The van der Waals surface area contributed by atoms with Crippen molar-refractivity contribution in [3.63, 3.8) is 0 Å². The molecule has 4 N–H and O–H groups in total. The molecule has 7 heteroatoms. The monoisotopic (exact) mass is 339 g/mol. The molecule has 1 aromatic rings. The van der Waals surface area contributed by atoms with Gasteiger partial charge in [0, 0.05) is 25.6 Å². The molecule has 1 amide bonds. The van der Waals surface area contributed by atoms with E-state index < -0.39 is 10.0 Å². The third-order valence-corrected chi connectivity index (χ3v) is 5.52. The Morgan fingerprint density at radius 1 is 1.22 bits per heavy atom. The molecule has 1 fully saturated rings. The van der Waals surface area contributed by atoms with Crippen LogP contribution in [0.4, 0.5) is 0 Å². The maximum absolute atomic E-state index is 11.9. The number of sulfonamides is 1. The summed E-state index contributed by atoms with van der Waals surface area (Å²) in [6, 6.07) is 9.40. The van der Waals surface area contributed by atoms with E-state index >= 15 is 0 Å². The van der Waals surface area contributed by atoms with E-state index in [1.165, 1.54) is 0 Å². The van der Waals surface area contributed by atoms with Gasteiger partial charge in [0.2, 0.25) is 15.9 Å². The first kappa shape index (κ1) is 17.9. The van der Waals surface area contributed by atoms with Gasteiger partial charge in [-0.1, -0.05) is 36.8 Å². The van der Waals surface area contributed by atoms with Crippen molar-refractivity contribution in [3.8, 4) is 0 Å². The molecular weight excluding hydrogens is 314 g/mol. The molecule has 128 valence electrons. The number of amides is 1. The van der Waals surface area contributed by atoms with Crippen molar-refractivity contribution in [1.29, 1.82) is 0 Å². The molecule has 1 aliphatic rings. The Bertz CT molecular complexity index is 604. The number of carbonyl (C=O) groups excluding carboxylic acids is 1. The lowest BCUT2D eigenvalue weighted by Gasteiger charge is -2.14. The van der Waals surface area contributed by atoms with E-state index in [0.29, 0.717) is 6.42 Å². The minimum Gasteiger partial charge on any atom is -0.355 e. The Morgan fingerprint density at radius 2 is 1.96 bits per heavy atom. The normalized spacial score (nSPS) is 21.3. The molecule has 0 radical (unpaired) electrons. The molecule has 0 saturated heterocycles. The second kappa shape index (κ2) is 8.42. The van der Waals surface area contributed by atoms with Crippen molar-refractivity contribution in [3.05, 3.63) is 35.9 Å². The fraction of sp³-hybridized carbons (Fsp3) is 0.562. The van der Waals surface area contributed by atoms with E-state index in [4.69, 9.17) is 5.73 Å². The summed E-state index contributed by atoms with van der Waals surface area (Å²) < 4.78 is 26.3. The van der Waals surface area contributed by atoms with Crippen LogP contribution in [0.3, 0.4) is 0 Å². The van der Waals surface area contributed by atoms with E-state index in [9.17, 15) is 13.2 Å². The van der Waals surface area contributed by atoms with Crippen LogP contribution < -0.4 is 15.8 Å². The summed E-state index contributed by atoms with van der Waals surface area (Å²) in [4.78, 5) is 11.8. The summed E-state index contributed by atoms with van der Waals surface area (Å²) in [6.07, 6.45) is 3.40. The molecule has 1 aliphatic carbocycles. The summed E-state index contributed by atoms with van der Waals surface area (Å²) in [5.74, 6) is -0.0177. The van der Waals surface area contributed by atoms with Crippen LogP contribution >= 0.6 is 0 Å². The molecule has 1 saturated carbocycles. The molecule has 2 rings (SSSR count). The number of nitrogens with two attached hydrogens (primary N) is 1. The van der Waals surface area contributed by atoms with Crippen LogP contribution in [0.15, 0.2) is 30.3 Å². The molecular formula is C16H25N3O3S. The zero-order valence-electron chi connectivity index (χ0n) is 13.2. The van der Waals surface area contributed by atoms with Gasteiger partial charge in [-0.05, 0) is 24.3 Å². The average molecular weight is 339 g/mol. The molecule has 23 heavy (non-hydrogen) atoms. The molecule has 0 heterocycles. The van der Waals surface area contributed by atoms with Crippen LogP contribution in [0.5, 0.6) is 0 Å². The Balaban J connectivity index is 1.67. The predicted molar refractivity (Wildman–Crippen MR) is 90.0 cm³/mol. The van der Waals surface area contributed by atoms with E-state index in [1.54, 1.807) is 0 Å². The zero-order chi connectivity index (χ0) is 16.7. The number of hydrogen-bond donors (Lipinski definition) is 3. The number of hydrogen-bond acceptors (Lipinski definition) is 4. The molecule has 6 nitrogen and oxygen atoms in total. The topological polar surface area (TPSA) is 101 Å². The van der Waals surface area contributed by atoms with Gasteiger partial charge in [0.1, 0.15) is 0 Å². The first-order chi connectivity index (χ1) is 11.0. The van der Waals surface area contributed by atoms with E-state index in [2.05, 4.69) is 10.0 Å². The van der Waals surface area contributed by atoms with Crippen LogP contribution in [0.25, 0.3) is 0 Å². The van der Waals surface area contributed by atoms with Gasteiger partial charge < -0.3 is 11.1 Å². The number of carbonyl (C=O) groups is 1. The maximum atomic E-state index is 11.9. The Morgan fingerprint density at radius 3 is 2.61 bits per heavy atom. The van der Waals surface area contributed by atoms with Crippen molar-refractivity contribution in [1.82, 2.24) is 10.0 Å². The highest BCUT2D eigenvalue weighted by atomic mass is 32.2. The highest BCUT2D eigenvalue weighted by molar-refractivity contribution is 7.89. The van der Waals surface area contributed by atoms with Crippen LogP contribution in [-0.4, -0.2) is 32.7 Å². The summed E-state index contributed by atoms with van der Waals surface area (Å²) in [5, 5.41) is 2.67. The molecule has 2 atom stereocenters. The standard InChI is InChI=1S/C16H25N3O3S/c17-15-8-4-7-14(15)11-16(20)18-9-10-23(21,22)19-12-13-5-2-1-3-6-13/h1-3,5-6,14-15,19H,4,7-12,17H2,(H,18,20)/t14-,15+/m0/s1. The summed E-state index contributed by atoms with van der Waals surface area (Å²) >= 11 is 0. The molecule has 0 spiro atoms. The van der Waals surface area contributed by atoms with Gasteiger partial charge in [-0.15, -0.1) is 0 Å². The van der Waals surface area contributed by atoms with Crippen LogP contribution in [0.1, 0.15) is 31.2 Å². The minimum absolute atomic E-state index is 0.0945. The fourth-order valence-electron chi connectivity index (χ4n) is 2.82. The number of benzene rings is 1. The Kier molecular flexibility index (Phi) is 6.56. The van der Waals surface area contributed by atoms with Gasteiger partial charge in [0.25, 0.3) is 0 Å². The van der Waals surface area contributed by atoms with Crippen LogP contribution in [-0.2, 0) is 21.4 Å². The number of nitrogens with one attached hydrogen (secondary N) is 2. The average Bonchev–Trinajstić information content (AvgIpc) is 2.91. The quantitative estimate of drug-likeness (QED) is 0.650. The van der Waals surface area contributed by atoms with Crippen molar-refractivity contribution >= 4 is 15.9 Å².